The van der Waals surface area contributed by atoms with Gasteiger partial charge in [-0.15, -0.1) is 0 Å². The molecule has 0 amide bonds. The molecule has 18 heavy (non-hydrogen) atoms. The molecule has 0 radical (unpaired) electrons. The van der Waals surface area contributed by atoms with Crippen molar-refractivity contribution < 1.29 is 0 Å². The molecular formula is C15H15ClN2. The zero-order valence-electron chi connectivity index (χ0n) is 10.3. The first kappa shape index (κ1) is 10.7. The molecule has 1 aromatic carbocycles. The molecular weight excluding hydrogens is 244 g/mol. The second-order valence-electron chi connectivity index (χ2n) is 5.42. The van der Waals surface area contributed by atoms with Gasteiger partial charge in [-0.1, -0.05) is 24.6 Å². The average Bonchev–Trinajstić information content (AvgIpc) is 2.74. The first-order valence-electron chi connectivity index (χ1n) is 6.46. The van der Waals surface area contributed by atoms with Crippen LogP contribution in [0, 0.1) is 5.92 Å². The second-order valence-corrected chi connectivity index (χ2v) is 5.86. The molecule has 0 saturated heterocycles. The molecule has 2 aliphatic heterocycles. The molecule has 0 aliphatic carbocycles. The minimum atomic E-state index is 0.433. The number of halogens is 1. The maximum absolute atomic E-state index is 6.25. The number of aromatic nitrogens is 1. The van der Waals surface area contributed by atoms with Crippen molar-refractivity contribution in [3.8, 4) is 0 Å². The molecule has 2 aromatic rings. The Balaban J connectivity index is 2.05. The maximum atomic E-state index is 6.25. The van der Waals surface area contributed by atoms with Gasteiger partial charge in [0.1, 0.15) is 0 Å². The first-order valence-corrected chi connectivity index (χ1v) is 6.84. The normalized spacial score (nSPS) is 26.0. The van der Waals surface area contributed by atoms with Crippen LogP contribution in [-0.2, 0) is 6.54 Å². The Kier molecular flexibility index (Phi) is 2.14. The van der Waals surface area contributed by atoms with E-state index in [1.807, 2.05) is 0 Å². The van der Waals surface area contributed by atoms with Gasteiger partial charge in [-0.3, -0.25) is 0 Å². The van der Waals surface area contributed by atoms with Crippen LogP contribution in [-0.4, -0.2) is 17.2 Å². The van der Waals surface area contributed by atoms with Gasteiger partial charge in [-0.05, 0) is 29.7 Å². The van der Waals surface area contributed by atoms with E-state index in [-0.39, 0.29) is 0 Å². The standard InChI is InChI=1S/C15H15ClN2/c1-9-4-12-13-6-11(16)5-10-2-3-18(15(10)13)8-14(12)17-7-9/h2-6,9,14,17H,7-8H2,1H3. The van der Waals surface area contributed by atoms with E-state index in [1.165, 1.54) is 22.0 Å². The summed E-state index contributed by atoms with van der Waals surface area (Å²) in [5, 5.41) is 5.71. The van der Waals surface area contributed by atoms with Crippen molar-refractivity contribution in [1.29, 1.82) is 0 Å². The fraction of sp³-hybridized carbons (Fsp3) is 0.333. The quantitative estimate of drug-likeness (QED) is 0.767. The summed E-state index contributed by atoms with van der Waals surface area (Å²) in [5.41, 5.74) is 4.06. The summed E-state index contributed by atoms with van der Waals surface area (Å²) >= 11 is 6.25. The highest BCUT2D eigenvalue weighted by Gasteiger charge is 2.28. The van der Waals surface area contributed by atoms with Gasteiger partial charge < -0.3 is 9.88 Å². The Morgan fingerprint density at radius 2 is 2.28 bits per heavy atom. The van der Waals surface area contributed by atoms with Crippen LogP contribution in [0.5, 0.6) is 0 Å². The minimum absolute atomic E-state index is 0.433. The van der Waals surface area contributed by atoms with Gasteiger partial charge >= 0.3 is 0 Å². The smallest absolute Gasteiger partial charge is 0.0558 e. The van der Waals surface area contributed by atoms with Gasteiger partial charge in [0.15, 0.2) is 0 Å². The molecule has 92 valence electrons. The van der Waals surface area contributed by atoms with Gasteiger partial charge in [-0.25, -0.2) is 0 Å². The molecule has 0 saturated carbocycles. The van der Waals surface area contributed by atoms with Crippen molar-refractivity contribution in [2.45, 2.75) is 19.5 Å². The fourth-order valence-electron chi connectivity index (χ4n) is 3.24. The second kappa shape index (κ2) is 3.62. The highest BCUT2D eigenvalue weighted by Crippen LogP contribution is 2.37. The van der Waals surface area contributed by atoms with E-state index >= 15 is 0 Å². The highest BCUT2D eigenvalue weighted by atomic mass is 35.5. The number of rotatable bonds is 0. The molecule has 3 heterocycles. The number of hydrogen-bond acceptors (Lipinski definition) is 1. The minimum Gasteiger partial charge on any atom is -0.345 e. The third-order valence-electron chi connectivity index (χ3n) is 4.04. The molecule has 0 spiro atoms. The van der Waals surface area contributed by atoms with Crippen LogP contribution in [0.3, 0.4) is 0 Å². The van der Waals surface area contributed by atoms with Crippen molar-refractivity contribution >= 4 is 28.1 Å². The summed E-state index contributed by atoms with van der Waals surface area (Å²) in [7, 11) is 0. The van der Waals surface area contributed by atoms with Crippen molar-refractivity contribution in [2.24, 2.45) is 5.92 Å². The van der Waals surface area contributed by atoms with E-state index in [2.05, 4.69) is 47.3 Å². The Morgan fingerprint density at radius 3 is 3.17 bits per heavy atom. The number of benzene rings is 1. The van der Waals surface area contributed by atoms with Crippen molar-refractivity contribution in [1.82, 2.24) is 9.88 Å². The van der Waals surface area contributed by atoms with Crippen LogP contribution in [0.1, 0.15) is 12.5 Å². The summed E-state index contributed by atoms with van der Waals surface area (Å²) in [6.07, 6.45) is 4.57. The molecule has 2 unspecified atom stereocenters. The van der Waals surface area contributed by atoms with Gasteiger partial charge in [-0.2, -0.15) is 0 Å². The summed E-state index contributed by atoms with van der Waals surface area (Å²) in [5.74, 6) is 0.590. The van der Waals surface area contributed by atoms with E-state index < -0.39 is 0 Å². The van der Waals surface area contributed by atoms with Crippen LogP contribution < -0.4 is 5.32 Å². The van der Waals surface area contributed by atoms with Crippen molar-refractivity contribution in [3.05, 3.63) is 41.1 Å². The van der Waals surface area contributed by atoms with Gasteiger partial charge in [0.25, 0.3) is 0 Å². The van der Waals surface area contributed by atoms with Crippen LogP contribution in [0.25, 0.3) is 16.5 Å². The zero-order valence-corrected chi connectivity index (χ0v) is 11.0. The number of nitrogens with zero attached hydrogens (tertiary/aromatic N) is 1. The Hall–Kier alpha value is -1.25. The van der Waals surface area contributed by atoms with Crippen molar-refractivity contribution in [3.63, 3.8) is 0 Å². The lowest BCUT2D eigenvalue weighted by atomic mass is 9.88. The molecule has 2 atom stereocenters. The highest BCUT2D eigenvalue weighted by molar-refractivity contribution is 6.31. The molecule has 2 aliphatic rings. The van der Waals surface area contributed by atoms with Crippen LogP contribution >= 0.6 is 11.6 Å². The molecule has 0 fully saturated rings. The van der Waals surface area contributed by atoms with E-state index in [0.717, 1.165) is 18.1 Å². The topological polar surface area (TPSA) is 17.0 Å². The average molecular weight is 259 g/mol. The Labute approximate surface area is 111 Å². The summed E-state index contributed by atoms with van der Waals surface area (Å²) in [4.78, 5) is 0. The number of hydrogen-bond donors (Lipinski definition) is 1. The van der Waals surface area contributed by atoms with Crippen LogP contribution in [0.4, 0.5) is 0 Å². The predicted octanol–water partition coefficient (Wildman–Crippen LogP) is 3.30. The van der Waals surface area contributed by atoms with Gasteiger partial charge in [0.2, 0.25) is 0 Å². The Morgan fingerprint density at radius 1 is 1.39 bits per heavy atom. The zero-order chi connectivity index (χ0) is 12.3. The van der Waals surface area contributed by atoms with Gasteiger partial charge in [0, 0.05) is 35.3 Å². The third-order valence-corrected chi connectivity index (χ3v) is 4.26. The monoisotopic (exact) mass is 258 g/mol. The fourth-order valence-corrected chi connectivity index (χ4v) is 3.47. The van der Waals surface area contributed by atoms with E-state index in [1.54, 1.807) is 0 Å². The third kappa shape index (κ3) is 1.39. The van der Waals surface area contributed by atoms with Crippen LogP contribution in [0.2, 0.25) is 5.02 Å². The number of nitrogens with one attached hydrogen (secondary N) is 1. The molecule has 2 nitrogen and oxygen atoms in total. The van der Waals surface area contributed by atoms with Gasteiger partial charge in [0.05, 0.1) is 11.6 Å². The lowest BCUT2D eigenvalue weighted by Crippen LogP contribution is -2.42. The molecule has 3 heteroatoms. The number of fused-ring (bicyclic) bond motifs is 2. The summed E-state index contributed by atoms with van der Waals surface area (Å²) in [6.45, 7) is 4.34. The van der Waals surface area contributed by atoms with Crippen molar-refractivity contribution in [2.75, 3.05) is 6.54 Å². The van der Waals surface area contributed by atoms with E-state index in [0.29, 0.717) is 12.0 Å². The first-order chi connectivity index (χ1) is 8.72. The molecule has 0 bridgehead atoms. The van der Waals surface area contributed by atoms with Crippen LogP contribution in [0.15, 0.2) is 30.5 Å². The Bertz CT molecular complexity index is 668. The molecule has 1 N–H and O–H groups in total. The lowest BCUT2D eigenvalue weighted by Gasteiger charge is -2.33. The molecule has 4 rings (SSSR count). The summed E-state index contributed by atoms with van der Waals surface area (Å²) < 4.78 is 2.34. The lowest BCUT2D eigenvalue weighted by molar-refractivity contribution is 0.472. The summed E-state index contributed by atoms with van der Waals surface area (Å²) in [6, 6.07) is 6.75. The molecule has 1 aromatic heterocycles. The maximum Gasteiger partial charge on any atom is 0.0558 e. The van der Waals surface area contributed by atoms with E-state index in [4.69, 9.17) is 11.6 Å². The predicted molar refractivity (Wildman–Crippen MR) is 75.9 cm³/mol. The van der Waals surface area contributed by atoms with E-state index in [9.17, 15) is 0 Å². The SMILES string of the molecule is CC1C=C2c3cc(Cl)cc4ccn(c34)CC2NC1. The largest absolute Gasteiger partial charge is 0.345 e.